The van der Waals surface area contributed by atoms with Gasteiger partial charge in [-0.1, -0.05) is 65.2 Å². The van der Waals surface area contributed by atoms with Gasteiger partial charge in [0.2, 0.25) is 6.33 Å². The molecule has 0 spiro atoms. The third-order valence-corrected chi connectivity index (χ3v) is 6.02. The standard InChI is InChI=1S/C19H37N2.C7H13N2/c1-3-5-7-9-11-13-15-20-17-18-21(19-20)16-14-12-10-8-6-4-2;1-4-9-6-5-8(3)7(9)2/h17-19H,3-16H2,1-2H3;5-6H,4H2,1-3H3/q2*+1. The molecule has 4 nitrogen and oxygen atoms in total. The van der Waals surface area contributed by atoms with Crippen molar-refractivity contribution in [3.63, 3.8) is 0 Å². The van der Waals surface area contributed by atoms with Crippen molar-refractivity contribution in [2.24, 2.45) is 7.05 Å². The maximum Gasteiger partial charge on any atom is 0.252 e. The van der Waals surface area contributed by atoms with Crippen molar-refractivity contribution in [1.82, 2.24) is 9.13 Å². The van der Waals surface area contributed by atoms with Crippen molar-refractivity contribution in [2.75, 3.05) is 0 Å². The lowest BCUT2D eigenvalue weighted by atomic mass is 10.1. The lowest BCUT2D eigenvalue weighted by Gasteiger charge is -1.99. The molecular formula is C26H50N4+2. The zero-order valence-electron chi connectivity index (χ0n) is 20.8. The Kier molecular flexibility index (Phi) is 15.1. The molecule has 0 unspecified atom stereocenters. The van der Waals surface area contributed by atoms with Gasteiger partial charge in [0.1, 0.15) is 24.8 Å². The van der Waals surface area contributed by atoms with Crippen LogP contribution in [0.2, 0.25) is 0 Å². The van der Waals surface area contributed by atoms with Gasteiger partial charge in [-0.3, -0.25) is 0 Å². The van der Waals surface area contributed by atoms with Crippen LogP contribution in [0.25, 0.3) is 0 Å². The second-order valence-electron chi connectivity index (χ2n) is 8.67. The average Bonchev–Trinajstić information content (AvgIpc) is 3.34. The molecule has 2 aromatic rings. The van der Waals surface area contributed by atoms with E-state index in [9.17, 15) is 0 Å². The highest BCUT2D eigenvalue weighted by Crippen LogP contribution is 2.06. The third kappa shape index (κ3) is 11.6. The molecule has 0 fully saturated rings. The molecule has 0 saturated heterocycles. The molecule has 0 aliphatic heterocycles. The summed E-state index contributed by atoms with van der Waals surface area (Å²) in [6.07, 6.45) is 27.5. The quantitative estimate of drug-likeness (QED) is 0.244. The third-order valence-electron chi connectivity index (χ3n) is 6.02. The molecule has 4 heteroatoms. The van der Waals surface area contributed by atoms with E-state index in [-0.39, 0.29) is 0 Å². The number of hydrogen-bond donors (Lipinski definition) is 0. The van der Waals surface area contributed by atoms with Crippen LogP contribution in [0.1, 0.15) is 104 Å². The Balaban J connectivity index is 0.000000414. The van der Waals surface area contributed by atoms with Gasteiger partial charge in [0.15, 0.2) is 0 Å². The van der Waals surface area contributed by atoms with Crippen LogP contribution >= 0.6 is 0 Å². The molecule has 2 heterocycles. The summed E-state index contributed by atoms with van der Waals surface area (Å²) in [5.74, 6) is 1.30. The molecule has 0 radical (unpaired) electrons. The summed E-state index contributed by atoms with van der Waals surface area (Å²) in [6, 6.07) is 0. The van der Waals surface area contributed by atoms with Crippen molar-refractivity contribution >= 4 is 0 Å². The Morgan fingerprint density at radius 2 is 1.33 bits per heavy atom. The first-order chi connectivity index (χ1) is 14.6. The molecule has 0 N–H and O–H groups in total. The number of aryl methyl sites for hydroxylation is 4. The lowest BCUT2D eigenvalue weighted by Crippen LogP contribution is -2.30. The number of rotatable bonds is 15. The fourth-order valence-electron chi connectivity index (χ4n) is 3.79. The van der Waals surface area contributed by atoms with E-state index in [0.717, 1.165) is 6.54 Å². The van der Waals surface area contributed by atoms with Crippen LogP contribution in [0.4, 0.5) is 0 Å². The van der Waals surface area contributed by atoms with E-state index in [2.05, 4.69) is 84.1 Å². The molecule has 0 aliphatic carbocycles. The molecule has 0 saturated carbocycles. The zero-order valence-corrected chi connectivity index (χ0v) is 20.8. The number of hydrogen-bond acceptors (Lipinski definition) is 0. The monoisotopic (exact) mass is 418 g/mol. The Labute approximate surface area is 186 Å². The minimum atomic E-state index is 1.06. The lowest BCUT2D eigenvalue weighted by molar-refractivity contribution is -0.696. The number of imidazole rings is 2. The molecule has 30 heavy (non-hydrogen) atoms. The molecule has 0 amide bonds. The average molecular weight is 419 g/mol. The Morgan fingerprint density at radius 3 is 1.87 bits per heavy atom. The van der Waals surface area contributed by atoms with Crippen molar-refractivity contribution in [1.29, 1.82) is 0 Å². The van der Waals surface area contributed by atoms with Gasteiger partial charge >= 0.3 is 0 Å². The second kappa shape index (κ2) is 17.1. The molecule has 2 aromatic heterocycles. The van der Waals surface area contributed by atoms with Crippen molar-refractivity contribution in [2.45, 2.75) is 124 Å². The van der Waals surface area contributed by atoms with E-state index < -0.39 is 0 Å². The summed E-state index contributed by atoms with van der Waals surface area (Å²) in [6.45, 7) is 12.3. The summed E-state index contributed by atoms with van der Waals surface area (Å²) in [4.78, 5) is 0. The van der Waals surface area contributed by atoms with Crippen LogP contribution < -0.4 is 9.13 Å². The fourth-order valence-corrected chi connectivity index (χ4v) is 3.79. The SMILES string of the molecule is CCCCCCCCn1cc[n+](CCCCCCCC)c1.CCn1cc[n+](C)c1C. The van der Waals surface area contributed by atoms with Crippen molar-refractivity contribution in [3.8, 4) is 0 Å². The van der Waals surface area contributed by atoms with Crippen molar-refractivity contribution in [3.05, 3.63) is 36.9 Å². The van der Waals surface area contributed by atoms with Crippen LogP contribution in [-0.4, -0.2) is 9.13 Å². The van der Waals surface area contributed by atoms with E-state index >= 15 is 0 Å². The van der Waals surface area contributed by atoms with Gasteiger partial charge in [0.25, 0.3) is 5.82 Å². The minimum Gasteiger partial charge on any atom is -0.237 e. The smallest absolute Gasteiger partial charge is 0.237 e. The van der Waals surface area contributed by atoms with Crippen LogP contribution in [-0.2, 0) is 26.7 Å². The summed E-state index contributed by atoms with van der Waals surface area (Å²) >= 11 is 0. The van der Waals surface area contributed by atoms with Gasteiger partial charge < -0.3 is 0 Å². The normalized spacial score (nSPS) is 10.8. The van der Waals surface area contributed by atoms with Gasteiger partial charge in [-0.05, 0) is 32.6 Å². The maximum absolute atomic E-state index is 2.36. The van der Waals surface area contributed by atoms with Gasteiger partial charge in [-0.25, -0.2) is 18.3 Å². The van der Waals surface area contributed by atoms with Crippen LogP contribution in [0, 0.1) is 6.92 Å². The maximum atomic E-state index is 2.36. The molecular weight excluding hydrogens is 368 g/mol. The summed E-state index contributed by atoms with van der Waals surface area (Å²) < 4.78 is 9.04. The first kappa shape index (κ1) is 26.5. The summed E-state index contributed by atoms with van der Waals surface area (Å²) in [5.41, 5.74) is 0. The highest BCUT2D eigenvalue weighted by Gasteiger charge is 2.04. The van der Waals surface area contributed by atoms with Crippen LogP contribution in [0.15, 0.2) is 31.1 Å². The Bertz CT molecular complexity index is 611. The molecule has 172 valence electrons. The number of nitrogens with zero attached hydrogens (tertiary/aromatic N) is 4. The first-order valence-electron chi connectivity index (χ1n) is 12.7. The van der Waals surface area contributed by atoms with Crippen LogP contribution in [0.3, 0.4) is 0 Å². The Hall–Kier alpha value is -1.58. The zero-order chi connectivity index (χ0) is 22.0. The fraction of sp³-hybridized carbons (Fsp3) is 0.769. The Morgan fingerprint density at radius 1 is 0.733 bits per heavy atom. The molecule has 0 atom stereocenters. The van der Waals surface area contributed by atoms with E-state index in [4.69, 9.17) is 0 Å². The van der Waals surface area contributed by atoms with E-state index in [1.54, 1.807) is 0 Å². The van der Waals surface area contributed by atoms with Crippen LogP contribution in [0.5, 0.6) is 0 Å². The molecule has 2 rings (SSSR count). The van der Waals surface area contributed by atoms with Gasteiger partial charge in [-0.2, -0.15) is 0 Å². The highest BCUT2D eigenvalue weighted by atomic mass is 15.1. The van der Waals surface area contributed by atoms with Crippen molar-refractivity contribution < 1.29 is 9.13 Å². The van der Waals surface area contributed by atoms with Gasteiger partial charge in [0, 0.05) is 6.92 Å². The van der Waals surface area contributed by atoms with Gasteiger partial charge in [0.05, 0.1) is 26.7 Å². The molecule has 0 aliphatic rings. The number of aromatic nitrogens is 4. The van der Waals surface area contributed by atoms with E-state index in [1.807, 2.05) is 0 Å². The first-order valence-corrected chi connectivity index (χ1v) is 12.7. The number of unbranched alkanes of at least 4 members (excludes halogenated alkanes) is 10. The molecule has 0 aromatic carbocycles. The van der Waals surface area contributed by atoms with Gasteiger partial charge in [-0.15, -0.1) is 0 Å². The highest BCUT2D eigenvalue weighted by molar-refractivity contribution is 4.77. The minimum absolute atomic E-state index is 1.06. The second-order valence-corrected chi connectivity index (χ2v) is 8.67. The van der Waals surface area contributed by atoms with E-state index in [0.29, 0.717) is 0 Å². The topological polar surface area (TPSA) is 17.6 Å². The summed E-state index contributed by atoms with van der Waals surface area (Å²) in [5, 5.41) is 0. The summed E-state index contributed by atoms with van der Waals surface area (Å²) in [7, 11) is 2.06. The predicted octanol–water partition coefficient (Wildman–Crippen LogP) is 6.14. The largest absolute Gasteiger partial charge is 0.252 e. The molecule has 0 bridgehead atoms. The predicted molar refractivity (Wildman–Crippen MR) is 127 cm³/mol. The van der Waals surface area contributed by atoms with E-state index in [1.165, 1.54) is 96.0 Å².